The predicted octanol–water partition coefficient (Wildman–Crippen LogP) is 4.23. The second-order valence-corrected chi connectivity index (χ2v) is 11.2. The van der Waals surface area contributed by atoms with Gasteiger partial charge in [-0.15, -0.1) is 0 Å². The molecule has 1 aliphatic carbocycles. The van der Waals surface area contributed by atoms with Crippen molar-refractivity contribution in [3.63, 3.8) is 0 Å². The van der Waals surface area contributed by atoms with Crippen LogP contribution in [-0.4, -0.2) is 44.0 Å². The van der Waals surface area contributed by atoms with E-state index in [1.165, 1.54) is 17.7 Å². The number of aryl methyl sites for hydroxylation is 1. The summed E-state index contributed by atoms with van der Waals surface area (Å²) < 4.78 is 33.9. The van der Waals surface area contributed by atoms with Gasteiger partial charge in [0.1, 0.15) is 5.75 Å². The van der Waals surface area contributed by atoms with Crippen LogP contribution in [0.1, 0.15) is 76.9 Å². The average Bonchev–Trinajstić information content (AvgIpc) is 3.60. The molecule has 0 aromatic heterocycles. The smallest absolute Gasteiger partial charge is 0.261 e. The maximum absolute atomic E-state index is 12.6. The summed E-state index contributed by atoms with van der Waals surface area (Å²) in [5.74, 6) is 0.903. The number of imide groups is 1. The SMILES string of the molecule is Cc1ccc([C@H](C)NS(=O)(=O)CCCCCN2C(=O)c3ccccc3C2=O)cc1OCC1CC1. The molecule has 4 rings (SSSR count). The van der Waals surface area contributed by atoms with Crippen LogP contribution in [0, 0.1) is 12.8 Å². The van der Waals surface area contributed by atoms with Crippen LogP contribution < -0.4 is 9.46 Å². The van der Waals surface area contributed by atoms with Crippen molar-refractivity contribution in [1.82, 2.24) is 9.62 Å². The first kappa shape index (κ1) is 24.4. The number of sulfonamides is 1. The van der Waals surface area contributed by atoms with Gasteiger partial charge in [0.2, 0.25) is 10.0 Å². The highest BCUT2D eigenvalue weighted by Gasteiger charge is 2.34. The number of amides is 2. The molecule has 1 aliphatic heterocycles. The molecule has 2 amide bonds. The predicted molar refractivity (Wildman–Crippen MR) is 130 cm³/mol. The minimum atomic E-state index is -3.47. The van der Waals surface area contributed by atoms with E-state index in [1.54, 1.807) is 24.3 Å². The Bertz CT molecular complexity index is 1140. The summed E-state index contributed by atoms with van der Waals surface area (Å²) in [5, 5.41) is 0. The molecule has 2 aromatic rings. The summed E-state index contributed by atoms with van der Waals surface area (Å²) in [5.41, 5.74) is 2.78. The first-order valence-electron chi connectivity index (χ1n) is 11.9. The van der Waals surface area contributed by atoms with Crippen LogP contribution in [-0.2, 0) is 10.0 Å². The van der Waals surface area contributed by atoms with Crippen LogP contribution in [0.5, 0.6) is 5.75 Å². The van der Waals surface area contributed by atoms with E-state index in [2.05, 4.69) is 4.72 Å². The van der Waals surface area contributed by atoms with Gasteiger partial charge in [0.25, 0.3) is 11.8 Å². The van der Waals surface area contributed by atoms with Gasteiger partial charge in [-0.25, -0.2) is 13.1 Å². The molecule has 182 valence electrons. The summed E-state index contributed by atoms with van der Waals surface area (Å²) in [4.78, 5) is 26.0. The Labute approximate surface area is 201 Å². The quantitative estimate of drug-likeness (QED) is 0.359. The third-order valence-electron chi connectivity index (χ3n) is 6.41. The molecule has 1 N–H and O–H groups in total. The number of benzene rings is 2. The molecule has 0 bridgehead atoms. The Kier molecular flexibility index (Phi) is 7.38. The Morgan fingerprint density at radius 2 is 1.71 bits per heavy atom. The fraction of sp³-hybridized carbons (Fsp3) is 0.462. The first-order chi connectivity index (χ1) is 16.2. The summed E-state index contributed by atoms with van der Waals surface area (Å²) in [6.45, 7) is 4.83. The Hall–Kier alpha value is -2.71. The van der Waals surface area contributed by atoms with Crippen LogP contribution in [0.4, 0.5) is 0 Å². The van der Waals surface area contributed by atoms with Crippen LogP contribution in [0.15, 0.2) is 42.5 Å². The van der Waals surface area contributed by atoms with Crippen molar-refractivity contribution >= 4 is 21.8 Å². The number of unbranched alkanes of at least 4 members (excludes halogenated alkanes) is 2. The lowest BCUT2D eigenvalue weighted by Gasteiger charge is -2.17. The molecule has 2 aromatic carbocycles. The maximum Gasteiger partial charge on any atom is 0.261 e. The molecule has 2 aliphatic rings. The van der Waals surface area contributed by atoms with Gasteiger partial charge in [-0.05, 0) is 74.8 Å². The van der Waals surface area contributed by atoms with Gasteiger partial charge in [-0.3, -0.25) is 14.5 Å². The van der Waals surface area contributed by atoms with E-state index in [1.807, 2.05) is 32.0 Å². The molecule has 0 saturated heterocycles. The van der Waals surface area contributed by atoms with E-state index in [0.717, 1.165) is 16.9 Å². The van der Waals surface area contributed by atoms with Gasteiger partial charge in [0.05, 0.1) is 23.5 Å². The second-order valence-electron chi connectivity index (χ2n) is 9.31. The molecule has 7 nitrogen and oxygen atoms in total. The Morgan fingerprint density at radius 3 is 2.35 bits per heavy atom. The van der Waals surface area contributed by atoms with Crippen molar-refractivity contribution < 1.29 is 22.7 Å². The average molecular weight is 485 g/mol. The topological polar surface area (TPSA) is 92.8 Å². The normalized spacial score (nSPS) is 16.6. The van der Waals surface area contributed by atoms with Crippen LogP contribution >= 0.6 is 0 Å². The highest BCUT2D eigenvalue weighted by molar-refractivity contribution is 7.89. The largest absolute Gasteiger partial charge is 0.493 e. The lowest BCUT2D eigenvalue weighted by atomic mass is 10.1. The molecule has 34 heavy (non-hydrogen) atoms. The molecular weight excluding hydrogens is 452 g/mol. The molecule has 0 radical (unpaired) electrons. The van der Waals surface area contributed by atoms with E-state index < -0.39 is 10.0 Å². The zero-order valence-corrected chi connectivity index (χ0v) is 20.6. The molecular formula is C26H32N2O5S. The number of rotatable bonds is 12. The molecule has 8 heteroatoms. The van der Waals surface area contributed by atoms with Crippen molar-refractivity contribution in [3.05, 3.63) is 64.7 Å². The number of ether oxygens (including phenoxy) is 1. The van der Waals surface area contributed by atoms with E-state index in [4.69, 9.17) is 4.74 Å². The number of hydrogen-bond donors (Lipinski definition) is 1. The minimum absolute atomic E-state index is 0.00361. The monoisotopic (exact) mass is 484 g/mol. The zero-order chi connectivity index (χ0) is 24.3. The van der Waals surface area contributed by atoms with Crippen LogP contribution in [0.25, 0.3) is 0 Å². The lowest BCUT2D eigenvalue weighted by Crippen LogP contribution is -2.31. The number of nitrogens with zero attached hydrogens (tertiary/aromatic N) is 1. The van der Waals surface area contributed by atoms with Gasteiger partial charge < -0.3 is 4.74 Å². The van der Waals surface area contributed by atoms with Crippen molar-refractivity contribution in [1.29, 1.82) is 0 Å². The third-order valence-corrected chi connectivity index (χ3v) is 7.95. The number of nitrogens with one attached hydrogen (secondary N) is 1. The van der Waals surface area contributed by atoms with E-state index in [0.29, 0.717) is 49.5 Å². The maximum atomic E-state index is 12.6. The van der Waals surface area contributed by atoms with E-state index >= 15 is 0 Å². The minimum Gasteiger partial charge on any atom is -0.493 e. The van der Waals surface area contributed by atoms with Gasteiger partial charge >= 0.3 is 0 Å². The Balaban J connectivity index is 1.22. The summed E-state index contributed by atoms with van der Waals surface area (Å²) in [7, 11) is -3.47. The van der Waals surface area contributed by atoms with Crippen LogP contribution in [0.3, 0.4) is 0 Å². The highest BCUT2D eigenvalue weighted by Crippen LogP contribution is 2.31. The molecule has 1 saturated carbocycles. The van der Waals surface area contributed by atoms with Crippen molar-refractivity contribution in [2.24, 2.45) is 5.92 Å². The van der Waals surface area contributed by atoms with Gasteiger partial charge in [-0.2, -0.15) is 0 Å². The number of carbonyl (C=O) groups excluding carboxylic acids is 2. The standard InChI is InChI=1S/C26H32N2O5S/c1-18-10-13-21(16-24(18)33-17-20-11-12-20)19(2)27-34(31,32)15-7-3-6-14-28-25(29)22-8-4-5-9-23(22)26(28)30/h4-5,8-10,13,16,19-20,27H,3,6-7,11-12,14-15,17H2,1-2H3/t19-/m0/s1. The highest BCUT2D eigenvalue weighted by atomic mass is 32.2. The zero-order valence-electron chi connectivity index (χ0n) is 19.7. The fourth-order valence-electron chi connectivity index (χ4n) is 4.11. The summed E-state index contributed by atoms with van der Waals surface area (Å²) >= 11 is 0. The summed E-state index contributed by atoms with van der Waals surface area (Å²) in [6.07, 6.45) is 4.05. The van der Waals surface area contributed by atoms with E-state index in [9.17, 15) is 18.0 Å². The van der Waals surface area contributed by atoms with Crippen molar-refractivity contribution in [2.75, 3.05) is 18.9 Å². The van der Waals surface area contributed by atoms with Crippen molar-refractivity contribution in [3.8, 4) is 5.75 Å². The second kappa shape index (κ2) is 10.3. The Morgan fingerprint density at radius 1 is 1.03 bits per heavy atom. The van der Waals surface area contributed by atoms with E-state index in [-0.39, 0.29) is 23.6 Å². The molecule has 0 unspecified atom stereocenters. The fourth-order valence-corrected chi connectivity index (χ4v) is 5.49. The molecule has 1 heterocycles. The molecule has 1 atom stereocenters. The van der Waals surface area contributed by atoms with Crippen molar-refractivity contribution in [2.45, 2.75) is 52.0 Å². The third kappa shape index (κ3) is 5.85. The van der Waals surface area contributed by atoms with Crippen LogP contribution in [0.2, 0.25) is 0 Å². The number of fused-ring (bicyclic) bond motifs is 1. The molecule has 1 fully saturated rings. The van der Waals surface area contributed by atoms with Gasteiger partial charge in [-0.1, -0.05) is 30.7 Å². The first-order valence-corrected chi connectivity index (χ1v) is 13.6. The number of hydrogen-bond acceptors (Lipinski definition) is 5. The number of carbonyl (C=O) groups is 2. The molecule has 0 spiro atoms. The van der Waals surface area contributed by atoms with Gasteiger partial charge in [0, 0.05) is 12.6 Å². The van der Waals surface area contributed by atoms with Gasteiger partial charge in [0.15, 0.2) is 0 Å². The lowest BCUT2D eigenvalue weighted by molar-refractivity contribution is 0.0651. The summed E-state index contributed by atoms with van der Waals surface area (Å²) in [6, 6.07) is 12.2.